The monoisotopic (exact) mass is 169 g/mol. The van der Waals surface area contributed by atoms with Gasteiger partial charge in [-0.1, -0.05) is 18.2 Å². The van der Waals surface area contributed by atoms with Gasteiger partial charge in [-0.3, -0.25) is 0 Å². The quantitative estimate of drug-likeness (QED) is 0.742. The molecule has 1 rings (SSSR count). The Hall–Kier alpha value is -0.930. The molecule has 0 aromatic heterocycles. The topological polar surface area (TPSA) is 35.2 Å². The highest BCUT2D eigenvalue weighted by molar-refractivity contribution is 5.25. The molecule has 0 radical (unpaired) electrons. The van der Waals surface area contributed by atoms with E-state index in [1.807, 2.05) is 0 Å². The standard InChI is InChI=1S/C9H12FNO/c1-12-6-8-4-2-3-7(5-11)9(8)10/h2-4H,5-6,11H2,1H3. The Morgan fingerprint density at radius 1 is 1.42 bits per heavy atom. The second-order valence-electron chi connectivity index (χ2n) is 2.53. The van der Waals surface area contributed by atoms with E-state index in [2.05, 4.69) is 0 Å². The maximum absolute atomic E-state index is 13.3. The van der Waals surface area contributed by atoms with Crippen molar-refractivity contribution in [1.82, 2.24) is 0 Å². The number of halogens is 1. The molecule has 2 N–H and O–H groups in total. The van der Waals surface area contributed by atoms with Gasteiger partial charge in [-0.15, -0.1) is 0 Å². The zero-order valence-corrected chi connectivity index (χ0v) is 7.01. The van der Waals surface area contributed by atoms with E-state index in [1.165, 1.54) is 7.11 Å². The van der Waals surface area contributed by atoms with Crippen LogP contribution >= 0.6 is 0 Å². The molecular weight excluding hydrogens is 157 g/mol. The second-order valence-corrected chi connectivity index (χ2v) is 2.53. The van der Waals surface area contributed by atoms with Crippen molar-refractivity contribution in [3.63, 3.8) is 0 Å². The van der Waals surface area contributed by atoms with E-state index in [4.69, 9.17) is 10.5 Å². The Balaban J connectivity index is 2.97. The van der Waals surface area contributed by atoms with Gasteiger partial charge in [0.25, 0.3) is 0 Å². The van der Waals surface area contributed by atoms with E-state index in [1.54, 1.807) is 18.2 Å². The van der Waals surface area contributed by atoms with E-state index in [-0.39, 0.29) is 12.4 Å². The Labute approximate surface area is 71.1 Å². The Bertz CT molecular complexity index is 263. The van der Waals surface area contributed by atoms with E-state index >= 15 is 0 Å². The molecule has 66 valence electrons. The average Bonchev–Trinajstić information content (AvgIpc) is 2.09. The van der Waals surface area contributed by atoms with Gasteiger partial charge in [0, 0.05) is 24.8 Å². The van der Waals surface area contributed by atoms with Crippen LogP contribution in [-0.2, 0) is 17.9 Å². The van der Waals surface area contributed by atoms with Crippen molar-refractivity contribution >= 4 is 0 Å². The minimum Gasteiger partial charge on any atom is -0.380 e. The molecular formula is C9H12FNO. The van der Waals surface area contributed by atoms with Crippen LogP contribution in [-0.4, -0.2) is 7.11 Å². The fourth-order valence-electron chi connectivity index (χ4n) is 1.06. The number of benzene rings is 1. The van der Waals surface area contributed by atoms with Crippen molar-refractivity contribution < 1.29 is 9.13 Å². The van der Waals surface area contributed by atoms with Crippen LogP contribution in [0.5, 0.6) is 0 Å². The van der Waals surface area contributed by atoms with Crippen molar-refractivity contribution in [3.8, 4) is 0 Å². The average molecular weight is 169 g/mol. The summed E-state index contributed by atoms with van der Waals surface area (Å²) in [4.78, 5) is 0. The van der Waals surface area contributed by atoms with Crippen LogP contribution in [0.25, 0.3) is 0 Å². The van der Waals surface area contributed by atoms with E-state index in [0.29, 0.717) is 17.7 Å². The highest BCUT2D eigenvalue weighted by atomic mass is 19.1. The summed E-state index contributed by atoms with van der Waals surface area (Å²) in [7, 11) is 1.54. The van der Waals surface area contributed by atoms with Crippen LogP contribution < -0.4 is 5.73 Å². The van der Waals surface area contributed by atoms with Crippen molar-refractivity contribution in [2.24, 2.45) is 5.73 Å². The fourth-order valence-corrected chi connectivity index (χ4v) is 1.06. The van der Waals surface area contributed by atoms with Crippen LogP contribution in [0.3, 0.4) is 0 Å². The zero-order valence-electron chi connectivity index (χ0n) is 7.01. The van der Waals surface area contributed by atoms with Crippen LogP contribution in [0, 0.1) is 5.82 Å². The van der Waals surface area contributed by atoms with Gasteiger partial charge in [0.15, 0.2) is 0 Å². The van der Waals surface area contributed by atoms with Crippen LogP contribution in [0.1, 0.15) is 11.1 Å². The highest BCUT2D eigenvalue weighted by Crippen LogP contribution is 2.12. The number of hydrogen-bond acceptors (Lipinski definition) is 2. The molecule has 3 heteroatoms. The molecule has 1 aromatic rings. The summed E-state index contributed by atoms with van der Waals surface area (Å²) in [5.41, 5.74) is 6.42. The molecule has 1 aromatic carbocycles. The Kier molecular flexibility index (Phi) is 3.19. The van der Waals surface area contributed by atoms with E-state index in [9.17, 15) is 4.39 Å². The first-order valence-electron chi connectivity index (χ1n) is 3.75. The summed E-state index contributed by atoms with van der Waals surface area (Å²) >= 11 is 0. The summed E-state index contributed by atoms with van der Waals surface area (Å²) in [5, 5.41) is 0. The lowest BCUT2D eigenvalue weighted by Gasteiger charge is -2.04. The molecule has 0 fully saturated rings. The lowest BCUT2D eigenvalue weighted by Crippen LogP contribution is -2.03. The summed E-state index contributed by atoms with van der Waals surface area (Å²) in [6, 6.07) is 5.14. The van der Waals surface area contributed by atoms with Crippen LogP contribution in [0.2, 0.25) is 0 Å². The minimum absolute atomic E-state index is 0.226. The number of ether oxygens (including phenoxy) is 1. The summed E-state index contributed by atoms with van der Waals surface area (Å²) < 4.78 is 18.1. The molecule has 0 heterocycles. The van der Waals surface area contributed by atoms with Crippen LogP contribution in [0.15, 0.2) is 18.2 Å². The molecule has 2 nitrogen and oxygen atoms in total. The molecule has 0 saturated heterocycles. The molecule has 0 atom stereocenters. The summed E-state index contributed by atoms with van der Waals surface area (Å²) in [6.45, 7) is 0.517. The largest absolute Gasteiger partial charge is 0.380 e. The number of hydrogen-bond donors (Lipinski definition) is 1. The van der Waals surface area contributed by atoms with Gasteiger partial charge in [-0.05, 0) is 0 Å². The van der Waals surface area contributed by atoms with Gasteiger partial charge in [0.05, 0.1) is 6.61 Å². The van der Waals surface area contributed by atoms with Crippen molar-refractivity contribution in [2.75, 3.05) is 7.11 Å². The SMILES string of the molecule is COCc1cccc(CN)c1F. The van der Waals surface area contributed by atoms with Gasteiger partial charge in [0.2, 0.25) is 0 Å². The predicted octanol–water partition coefficient (Wildman–Crippen LogP) is 1.43. The smallest absolute Gasteiger partial charge is 0.133 e. The third-order valence-corrected chi connectivity index (χ3v) is 1.68. The number of methoxy groups -OCH3 is 1. The van der Waals surface area contributed by atoms with Crippen molar-refractivity contribution in [3.05, 3.63) is 35.1 Å². The Morgan fingerprint density at radius 2 is 2.08 bits per heavy atom. The molecule has 0 saturated carbocycles. The third kappa shape index (κ3) is 1.81. The van der Waals surface area contributed by atoms with Gasteiger partial charge >= 0.3 is 0 Å². The normalized spacial score (nSPS) is 10.2. The second kappa shape index (κ2) is 4.18. The van der Waals surface area contributed by atoms with E-state index in [0.717, 1.165) is 0 Å². The molecule has 12 heavy (non-hydrogen) atoms. The lowest BCUT2D eigenvalue weighted by atomic mass is 10.1. The first-order chi connectivity index (χ1) is 5.79. The molecule has 0 spiro atoms. The van der Waals surface area contributed by atoms with Gasteiger partial charge in [0.1, 0.15) is 5.82 Å². The van der Waals surface area contributed by atoms with Crippen LogP contribution in [0.4, 0.5) is 4.39 Å². The Morgan fingerprint density at radius 3 is 2.67 bits per heavy atom. The first-order valence-corrected chi connectivity index (χ1v) is 3.75. The third-order valence-electron chi connectivity index (χ3n) is 1.68. The van der Waals surface area contributed by atoms with Crippen molar-refractivity contribution in [1.29, 1.82) is 0 Å². The number of rotatable bonds is 3. The molecule has 0 bridgehead atoms. The number of nitrogens with two attached hydrogens (primary N) is 1. The molecule has 0 amide bonds. The fraction of sp³-hybridized carbons (Fsp3) is 0.333. The maximum Gasteiger partial charge on any atom is 0.133 e. The van der Waals surface area contributed by atoms with Gasteiger partial charge < -0.3 is 10.5 Å². The minimum atomic E-state index is -0.248. The first kappa shape index (κ1) is 9.16. The zero-order chi connectivity index (χ0) is 8.97. The summed E-state index contributed by atoms with van der Waals surface area (Å²) in [6.07, 6.45) is 0. The van der Waals surface area contributed by atoms with Crippen molar-refractivity contribution in [2.45, 2.75) is 13.2 Å². The lowest BCUT2D eigenvalue weighted by molar-refractivity contribution is 0.181. The van der Waals surface area contributed by atoms with E-state index < -0.39 is 0 Å². The predicted molar refractivity (Wildman–Crippen MR) is 45.0 cm³/mol. The highest BCUT2D eigenvalue weighted by Gasteiger charge is 2.05. The van der Waals surface area contributed by atoms with Gasteiger partial charge in [-0.2, -0.15) is 0 Å². The molecule has 0 aliphatic heterocycles. The maximum atomic E-state index is 13.3. The molecule has 0 aliphatic carbocycles. The summed E-state index contributed by atoms with van der Waals surface area (Å²) in [5.74, 6) is -0.248. The molecule has 0 aliphatic rings. The molecule has 0 unspecified atom stereocenters. The van der Waals surface area contributed by atoms with Gasteiger partial charge in [-0.25, -0.2) is 4.39 Å².